The number of ether oxygens (including phenoxy) is 2. The molecule has 0 saturated carbocycles. The zero-order valence-corrected chi connectivity index (χ0v) is 11.7. The van der Waals surface area contributed by atoms with E-state index in [0.717, 1.165) is 5.56 Å². The first-order valence-electron chi connectivity index (χ1n) is 6.66. The van der Waals surface area contributed by atoms with Crippen molar-refractivity contribution in [3.63, 3.8) is 0 Å². The van der Waals surface area contributed by atoms with Crippen molar-refractivity contribution in [3.05, 3.63) is 23.8 Å². The average Bonchev–Trinajstić information content (AvgIpc) is 2.41. The largest absolute Gasteiger partial charge is 0.490 e. The Kier molecular flexibility index (Phi) is 7.25. The van der Waals surface area contributed by atoms with E-state index in [9.17, 15) is 13.9 Å². The minimum atomic E-state index is -2.88. The van der Waals surface area contributed by atoms with E-state index >= 15 is 0 Å². The summed E-state index contributed by atoms with van der Waals surface area (Å²) in [7, 11) is 0. The molecule has 0 aliphatic heterocycles. The lowest BCUT2D eigenvalue weighted by molar-refractivity contribution is -0.0514. The lowest BCUT2D eigenvalue weighted by Gasteiger charge is -2.14. The van der Waals surface area contributed by atoms with Gasteiger partial charge in [-0.2, -0.15) is 8.78 Å². The maximum atomic E-state index is 12.3. The average molecular weight is 289 g/mol. The summed E-state index contributed by atoms with van der Waals surface area (Å²) in [5.74, 6) is 0.322. The Morgan fingerprint density at radius 1 is 1.25 bits per heavy atom. The second kappa shape index (κ2) is 8.71. The molecule has 0 fully saturated rings. The predicted molar refractivity (Wildman–Crippen MR) is 72.2 cm³/mol. The first-order chi connectivity index (χ1) is 9.56. The summed E-state index contributed by atoms with van der Waals surface area (Å²) in [6.45, 7) is 2.16. The normalized spacial score (nSPS) is 12.5. The molecule has 4 nitrogen and oxygen atoms in total. The Labute approximate surface area is 117 Å². The van der Waals surface area contributed by atoms with Gasteiger partial charge >= 0.3 is 6.61 Å². The summed E-state index contributed by atoms with van der Waals surface area (Å²) in [6.07, 6.45) is 0.293. The molecule has 0 radical (unpaired) electrons. The van der Waals surface area contributed by atoms with Crippen molar-refractivity contribution in [2.24, 2.45) is 0 Å². The quantitative estimate of drug-likeness (QED) is 0.733. The van der Waals surface area contributed by atoms with Crippen LogP contribution in [0.25, 0.3) is 0 Å². The molecule has 0 saturated heterocycles. The zero-order valence-electron chi connectivity index (χ0n) is 11.7. The van der Waals surface area contributed by atoms with Gasteiger partial charge in [-0.25, -0.2) is 0 Å². The minimum absolute atomic E-state index is 0.0270. The number of aliphatic hydroxyl groups excluding tert-OH is 1. The molecule has 0 aliphatic rings. The van der Waals surface area contributed by atoms with Crippen molar-refractivity contribution >= 4 is 0 Å². The van der Waals surface area contributed by atoms with Crippen LogP contribution in [0.2, 0.25) is 0 Å². The van der Waals surface area contributed by atoms with Crippen LogP contribution in [0.5, 0.6) is 11.5 Å². The fraction of sp³-hybridized carbons (Fsp3) is 0.571. The predicted octanol–water partition coefficient (Wildman–Crippen LogP) is 2.55. The van der Waals surface area contributed by atoms with Gasteiger partial charge in [0, 0.05) is 13.1 Å². The van der Waals surface area contributed by atoms with E-state index in [1.165, 1.54) is 6.07 Å². The highest BCUT2D eigenvalue weighted by atomic mass is 19.3. The molecule has 0 aliphatic carbocycles. The zero-order chi connectivity index (χ0) is 15.0. The number of alkyl halides is 2. The number of halogens is 2. The first kappa shape index (κ1) is 16.7. The molecule has 0 aromatic heterocycles. The molecule has 1 aromatic rings. The van der Waals surface area contributed by atoms with Crippen molar-refractivity contribution in [1.29, 1.82) is 0 Å². The molecular formula is C14H21F2NO3. The summed E-state index contributed by atoms with van der Waals surface area (Å²) in [5.41, 5.74) is 0.873. The number of nitrogens with one attached hydrogen (secondary N) is 1. The number of aliphatic hydroxyl groups is 1. The molecule has 2 N–H and O–H groups in total. The van der Waals surface area contributed by atoms with Gasteiger partial charge in [-0.3, -0.25) is 0 Å². The van der Waals surface area contributed by atoms with Crippen LogP contribution in [-0.2, 0) is 6.54 Å². The van der Waals surface area contributed by atoms with Gasteiger partial charge in [0.25, 0.3) is 0 Å². The van der Waals surface area contributed by atoms with Gasteiger partial charge in [-0.1, -0.05) is 13.0 Å². The molecule has 1 rings (SSSR count). The molecule has 20 heavy (non-hydrogen) atoms. The van der Waals surface area contributed by atoms with Crippen molar-refractivity contribution < 1.29 is 23.4 Å². The summed E-state index contributed by atoms with van der Waals surface area (Å²) in [5, 5.41) is 12.5. The number of rotatable bonds is 9. The first-order valence-corrected chi connectivity index (χ1v) is 6.66. The van der Waals surface area contributed by atoms with Gasteiger partial charge in [0.05, 0.1) is 12.7 Å². The van der Waals surface area contributed by atoms with E-state index < -0.39 is 6.61 Å². The van der Waals surface area contributed by atoms with E-state index in [-0.39, 0.29) is 11.9 Å². The lowest BCUT2D eigenvalue weighted by atomic mass is 10.2. The van der Waals surface area contributed by atoms with Gasteiger partial charge in [0.1, 0.15) is 0 Å². The Morgan fingerprint density at radius 2 is 2.00 bits per heavy atom. The third-order valence-electron chi connectivity index (χ3n) is 2.70. The number of hydrogen-bond acceptors (Lipinski definition) is 4. The second-order valence-electron chi connectivity index (χ2n) is 4.29. The van der Waals surface area contributed by atoms with E-state index in [2.05, 4.69) is 10.1 Å². The van der Waals surface area contributed by atoms with Crippen LogP contribution in [0.1, 0.15) is 25.8 Å². The van der Waals surface area contributed by atoms with Crippen LogP contribution in [0.15, 0.2) is 18.2 Å². The molecule has 0 amide bonds. The van der Waals surface area contributed by atoms with Gasteiger partial charge in [0.2, 0.25) is 0 Å². The van der Waals surface area contributed by atoms with Crippen molar-refractivity contribution in [1.82, 2.24) is 5.32 Å². The molecule has 6 heteroatoms. The summed E-state index contributed by atoms with van der Waals surface area (Å²) >= 11 is 0. The Morgan fingerprint density at radius 3 is 2.60 bits per heavy atom. The van der Waals surface area contributed by atoms with E-state index in [1.54, 1.807) is 19.1 Å². The topological polar surface area (TPSA) is 50.7 Å². The second-order valence-corrected chi connectivity index (χ2v) is 4.29. The van der Waals surface area contributed by atoms with E-state index in [0.29, 0.717) is 31.9 Å². The summed E-state index contributed by atoms with van der Waals surface area (Å²) in [6, 6.07) is 4.81. The van der Waals surface area contributed by atoms with E-state index in [1.807, 2.05) is 6.92 Å². The van der Waals surface area contributed by atoms with Gasteiger partial charge < -0.3 is 19.9 Å². The van der Waals surface area contributed by atoms with Gasteiger partial charge in [-0.05, 0) is 31.0 Å². The Hall–Kier alpha value is -1.40. The highest BCUT2D eigenvalue weighted by Crippen LogP contribution is 2.29. The smallest absolute Gasteiger partial charge is 0.387 e. The number of benzene rings is 1. The monoisotopic (exact) mass is 289 g/mol. The SMILES string of the molecule is CCOc1cc(CNCC(O)CC)ccc1OC(F)F. The molecule has 1 unspecified atom stereocenters. The Balaban J connectivity index is 2.66. The van der Waals surface area contributed by atoms with Crippen LogP contribution >= 0.6 is 0 Å². The van der Waals surface area contributed by atoms with Crippen LogP contribution in [0, 0.1) is 0 Å². The highest BCUT2D eigenvalue weighted by Gasteiger charge is 2.11. The lowest BCUT2D eigenvalue weighted by Crippen LogP contribution is -2.25. The molecule has 0 bridgehead atoms. The van der Waals surface area contributed by atoms with Gasteiger partial charge in [0.15, 0.2) is 11.5 Å². The maximum absolute atomic E-state index is 12.3. The fourth-order valence-corrected chi connectivity index (χ4v) is 1.65. The molecule has 1 atom stereocenters. The summed E-state index contributed by atoms with van der Waals surface area (Å²) in [4.78, 5) is 0. The summed E-state index contributed by atoms with van der Waals surface area (Å²) < 4.78 is 34.2. The standard InChI is InChI=1S/C14H21F2NO3/c1-3-11(18)9-17-8-10-5-6-12(20-14(15)16)13(7-10)19-4-2/h5-7,11,14,17-18H,3-4,8-9H2,1-2H3. The van der Waals surface area contributed by atoms with Crippen molar-refractivity contribution in [2.45, 2.75) is 39.5 Å². The third-order valence-corrected chi connectivity index (χ3v) is 2.70. The molecule has 0 spiro atoms. The number of hydrogen-bond donors (Lipinski definition) is 2. The molecule has 114 valence electrons. The van der Waals surface area contributed by atoms with Gasteiger partial charge in [-0.15, -0.1) is 0 Å². The minimum Gasteiger partial charge on any atom is -0.490 e. The third kappa shape index (κ3) is 5.71. The van der Waals surface area contributed by atoms with Crippen molar-refractivity contribution in [3.8, 4) is 11.5 Å². The Bertz CT molecular complexity index is 402. The maximum Gasteiger partial charge on any atom is 0.387 e. The van der Waals surface area contributed by atoms with Crippen molar-refractivity contribution in [2.75, 3.05) is 13.2 Å². The van der Waals surface area contributed by atoms with Crippen LogP contribution in [0.4, 0.5) is 8.78 Å². The molecule has 1 aromatic carbocycles. The van der Waals surface area contributed by atoms with Crippen LogP contribution in [-0.4, -0.2) is 31.0 Å². The molecular weight excluding hydrogens is 268 g/mol. The fourth-order valence-electron chi connectivity index (χ4n) is 1.65. The van der Waals surface area contributed by atoms with E-state index in [4.69, 9.17) is 4.74 Å². The molecule has 0 heterocycles. The van der Waals surface area contributed by atoms with Crippen LogP contribution in [0.3, 0.4) is 0 Å². The highest BCUT2D eigenvalue weighted by molar-refractivity contribution is 5.43. The van der Waals surface area contributed by atoms with Crippen LogP contribution < -0.4 is 14.8 Å².